The highest BCUT2D eigenvalue weighted by molar-refractivity contribution is 5.92. The summed E-state index contributed by atoms with van der Waals surface area (Å²) in [5, 5.41) is 2.94. The van der Waals surface area contributed by atoms with Gasteiger partial charge in [-0.2, -0.15) is 0 Å². The van der Waals surface area contributed by atoms with Crippen LogP contribution < -0.4 is 15.0 Å². The number of hydrogen-bond acceptors (Lipinski definition) is 4. The minimum Gasteiger partial charge on any atom is -0.484 e. The molecule has 1 aliphatic rings. The van der Waals surface area contributed by atoms with Crippen LogP contribution in [0.1, 0.15) is 11.1 Å². The van der Waals surface area contributed by atoms with E-state index >= 15 is 0 Å². The van der Waals surface area contributed by atoms with E-state index in [0.29, 0.717) is 5.75 Å². The van der Waals surface area contributed by atoms with Gasteiger partial charge in [-0.1, -0.05) is 12.1 Å². The number of ether oxygens (including phenoxy) is 1. The standard InChI is InChI=1S/C21H27N3O2/c1-16-5-4-6-19(13-16)26-15-21(25)22-20-8-7-18(14-17(20)2)24-11-9-23(3)10-12-24/h4-8,13-14H,9-12,15H2,1-3H3,(H,22,25). The number of amides is 1. The lowest BCUT2D eigenvalue weighted by Gasteiger charge is -2.34. The van der Waals surface area contributed by atoms with Gasteiger partial charge in [0.1, 0.15) is 5.75 Å². The van der Waals surface area contributed by atoms with Gasteiger partial charge in [0.15, 0.2) is 6.61 Å². The van der Waals surface area contributed by atoms with Crippen molar-refractivity contribution in [1.29, 1.82) is 0 Å². The van der Waals surface area contributed by atoms with Gasteiger partial charge in [0.2, 0.25) is 0 Å². The highest BCUT2D eigenvalue weighted by atomic mass is 16.5. The Kier molecular flexibility index (Phi) is 5.78. The molecule has 0 saturated carbocycles. The summed E-state index contributed by atoms with van der Waals surface area (Å²) in [4.78, 5) is 16.9. The first kappa shape index (κ1) is 18.3. The molecule has 2 aromatic carbocycles. The number of anilines is 2. The van der Waals surface area contributed by atoms with Crippen molar-refractivity contribution in [2.45, 2.75) is 13.8 Å². The number of nitrogens with zero attached hydrogens (tertiary/aromatic N) is 2. The normalized spacial score (nSPS) is 15.0. The molecule has 2 aromatic rings. The molecule has 0 bridgehead atoms. The van der Waals surface area contributed by atoms with Crippen molar-refractivity contribution < 1.29 is 9.53 Å². The Bertz CT molecular complexity index is 768. The van der Waals surface area contributed by atoms with Crippen molar-refractivity contribution >= 4 is 17.3 Å². The van der Waals surface area contributed by atoms with Crippen molar-refractivity contribution in [3.8, 4) is 5.75 Å². The van der Waals surface area contributed by atoms with Gasteiger partial charge in [-0.25, -0.2) is 0 Å². The predicted molar refractivity (Wildman–Crippen MR) is 106 cm³/mol. The number of likely N-dealkylation sites (N-methyl/N-ethyl adjacent to an activating group) is 1. The summed E-state index contributed by atoms with van der Waals surface area (Å²) >= 11 is 0. The molecule has 0 aliphatic carbocycles. The maximum atomic E-state index is 12.2. The first-order valence-electron chi connectivity index (χ1n) is 9.05. The van der Waals surface area contributed by atoms with Crippen LogP contribution in [0.3, 0.4) is 0 Å². The van der Waals surface area contributed by atoms with Crippen molar-refractivity contribution in [3.05, 3.63) is 53.6 Å². The van der Waals surface area contributed by atoms with Crippen molar-refractivity contribution in [2.75, 3.05) is 50.1 Å². The fourth-order valence-corrected chi connectivity index (χ4v) is 3.09. The van der Waals surface area contributed by atoms with Gasteiger partial charge < -0.3 is 19.9 Å². The zero-order valence-corrected chi connectivity index (χ0v) is 15.8. The monoisotopic (exact) mass is 353 g/mol. The van der Waals surface area contributed by atoms with Crippen molar-refractivity contribution in [2.24, 2.45) is 0 Å². The second-order valence-electron chi connectivity index (χ2n) is 6.94. The topological polar surface area (TPSA) is 44.8 Å². The summed E-state index contributed by atoms with van der Waals surface area (Å²) in [6, 6.07) is 13.9. The van der Waals surface area contributed by atoms with Crippen LogP contribution in [0.2, 0.25) is 0 Å². The number of carbonyl (C=O) groups is 1. The second-order valence-corrected chi connectivity index (χ2v) is 6.94. The van der Waals surface area contributed by atoms with Crippen LogP contribution in [0.25, 0.3) is 0 Å². The van der Waals surface area contributed by atoms with Crippen LogP contribution in [-0.2, 0) is 4.79 Å². The maximum Gasteiger partial charge on any atom is 0.262 e. The molecular weight excluding hydrogens is 326 g/mol. The van der Waals surface area contributed by atoms with Crippen LogP contribution in [0.4, 0.5) is 11.4 Å². The molecular formula is C21H27N3O2. The molecule has 0 radical (unpaired) electrons. The van der Waals surface area contributed by atoms with E-state index in [-0.39, 0.29) is 12.5 Å². The molecule has 1 aliphatic heterocycles. The van der Waals surface area contributed by atoms with Gasteiger partial charge >= 0.3 is 0 Å². The smallest absolute Gasteiger partial charge is 0.262 e. The zero-order valence-electron chi connectivity index (χ0n) is 15.8. The van der Waals surface area contributed by atoms with Crippen LogP contribution in [0.5, 0.6) is 5.75 Å². The molecule has 26 heavy (non-hydrogen) atoms. The molecule has 0 aromatic heterocycles. The minimum absolute atomic E-state index is 0.00308. The molecule has 1 N–H and O–H groups in total. The number of rotatable bonds is 5. The summed E-state index contributed by atoms with van der Waals surface area (Å²) in [6.07, 6.45) is 0. The fourth-order valence-electron chi connectivity index (χ4n) is 3.09. The van der Waals surface area contributed by atoms with Gasteiger partial charge in [-0.15, -0.1) is 0 Å². The Labute approximate surface area is 155 Å². The Morgan fingerprint density at radius 3 is 2.54 bits per heavy atom. The maximum absolute atomic E-state index is 12.2. The lowest BCUT2D eigenvalue weighted by molar-refractivity contribution is -0.118. The molecule has 0 spiro atoms. The van der Waals surface area contributed by atoms with E-state index in [0.717, 1.165) is 43.0 Å². The summed E-state index contributed by atoms with van der Waals surface area (Å²) in [7, 11) is 2.15. The van der Waals surface area contributed by atoms with Crippen LogP contribution >= 0.6 is 0 Å². The van der Waals surface area contributed by atoms with Crippen molar-refractivity contribution in [1.82, 2.24) is 4.90 Å². The summed E-state index contributed by atoms with van der Waals surface area (Å²) in [5.74, 6) is 0.559. The SMILES string of the molecule is Cc1cccc(OCC(=O)Nc2ccc(N3CCN(C)CC3)cc2C)c1. The third-order valence-corrected chi connectivity index (χ3v) is 4.71. The molecule has 5 nitrogen and oxygen atoms in total. The van der Waals surface area contributed by atoms with E-state index in [1.807, 2.05) is 44.2 Å². The third kappa shape index (κ3) is 4.76. The van der Waals surface area contributed by atoms with Crippen LogP contribution in [0.15, 0.2) is 42.5 Å². The molecule has 0 atom stereocenters. The Hall–Kier alpha value is -2.53. The average molecular weight is 353 g/mol. The van der Waals surface area contributed by atoms with Gasteiger partial charge in [0.05, 0.1) is 0 Å². The lowest BCUT2D eigenvalue weighted by atomic mass is 10.1. The van der Waals surface area contributed by atoms with Crippen LogP contribution in [0, 0.1) is 13.8 Å². The quantitative estimate of drug-likeness (QED) is 0.897. The number of hydrogen-bond donors (Lipinski definition) is 1. The minimum atomic E-state index is -0.151. The molecule has 138 valence electrons. The summed E-state index contributed by atoms with van der Waals surface area (Å²) < 4.78 is 5.56. The highest BCUT2D eigenvalue weighted by Crippen LogP contribution is 2.23. The molecule has 1 fully saturated rings. The molecule has 1 saturated heterocycles. The Morgan fingerprint density at radius 2 is 1.85 bits per heavy atom. The first-order chi connectivity index (χ1) is 12.5. The van der Waals surface area contributed by atoms with Gasteiger partial charge in [-0.05, 0) is 62.4 Å². The van der Waals surface area contributed by atoms with E-state index < -0.39 is 0 Å². The number of aryl methyl sites for hydroxylation is 2. The largest absolute Gasteiger partial charge is 0.484 e. The van der Waals surface area contributed by atoms with Gasteiger partial charge in [0, 0.05) is 37.6 Å². The fraction of sp³-hybridized carbons (Fsp3) is 0.381. The summed E-state index contributed by atoms with van der Waals surface area (Å²) in [5.41, 5.74) is 4.22. The third-order valence-electron chi connectivity index (χ3n) is 4.71. The number of piperazine rings is 1. The number of benzene rings is 2. The predicted octanol–water partition coefficient (Wildman–Crippen LogP) is 3.07. The van der Waals surface area contributed by atoms with E-state index in [1.165, 1.54) is 5.69 Å². The second kappa shape index (κ2) is 8.23. The highest BCUT2D eigenvalue weighted by Gasteiger charge is 2.15. The molecule has 1 heterocycles. The van der Waals surface area contributed by atoms with E-state index in [9.17, 15) is 4.79 Å². The number of carbonyl (C=O) groups excluding carboxylic acids is 1. The van der Waals surface area contributed by atoms with E-state index in [4.69, 9.17) is 4.74 Å². The number of nitrogens with one attached hydrogen (secondary N) is 1. The van der Waals surface area contributed by atoms with Gasteiger partial charge in [0.25, 0.3) is 5.91 Å². The van der Waals surface area contributed by atoms with Crippen LogP contribution in [-0.4, -0.2) is 50.6 Å². The Morgan fingerprint density at radius 1 is 1.08 bits per heavy atom. The lowest BCUT2D eigenvalue weighted by Crippen LogP contribution is -2.44. The summed E-state index contributed by atoms with van der Waals surface area (Å²) in [6.45, 7) is 8.25. The van der Waals surface area contributed by atoms with E-state index in [2.05, 4.69) is 34.3 Å². The Balaban J connectivity index is 1.56. The first-order valence-corrected chi connectivity index (χ1v) is 9.05. The average Bonchev–Trinajstić information content (AvgIpc) is 2.62. The van der Waals surface area contributed by atoms with Crippen molar-refractivity contribution in [3.63, 3.8) is 0 Å². The van der Waals surface area contributed by atoms with Gasteiger partial charge in [-0.3, -0.25) is 4.79 Å². The molecule has 0 unspecified atom stereocenters. The molecule has 3 rings (SSSR count). The zero-order chi connectivity index (χ0) is 18.5. The molecule has 1 amide bonds. The van der Waals surface area contributed by atoms with E-state index in [1.54, 1.807) is 0 Å². The molecule has 5 heteroatoms.